The Hall–Kier alpha value is -3.44. The quantitative estimate of drug-likeness (QED) is 0.236. The number of amides is 3. The average Bonchev–Trinajstić information content (AvgIpc) is 3.45. The highest BCUT2D eigenvalue weighted by molar-refractivity contribution is 5.93. The second-order valence-electron chi connectivity index (χ2n) is 7.63. The number of fused-ring (bicyclic) bond motifs is 1. The van der Waals surface area contributed by atoms with E-state index in [0.29, 0.717) is 6.42 Å². The summed E-state index contributed by atoms with van der Waals surface area (Å²) in [4.78, 5) is 51.6. The van der Waals surface area contributed by atoms with E-state index in [4.69, 9.17) is 5.11 Å². The summed E-state index contributed by atoms with van der Waals surface area (Å²) in [6.45, 7) is -0.372. The number of aliphatic carboxylic acids is 1. The highest BCUT2D eigenvalue weighted by Crippen LogP contribution is 2.19. The van der Waals surface area contributed by atoms with Crippen LogP contribution in [0.15, 0.2) is 30.5 Å². The van der Waals surface area contributed by atoms with Gasteiger partial charge in [0, 0.05) is 23.5 Å². The van der Waals surface area contributed by atoms with E-state index in [1.54, 1.807) is 6.20 Å². The lowest BCUT2D eigenvalue weighted by atomic mass is 10.0. The minimum absolute atomic E-state index is 0.0808. The van der Waals surface area contributed by atoms with Gasteiger partial charge >= 0.3 is 5.97 Å². The van der Waals surface area contributed by atoms with Gasteiger partial charge < -0.3 is 36.5 Å². The first-order valence-electron chi connectivity index (χ1n) is 10.4. The number of carboxylic acids is 1. The standard InChI is InChI=1S/C21H27N5O6/c27-11-17(21(31)32)26-20(30)16(8-12-9-23-14-5-2-1-4-13(12)14)25-18(28)10-24-19(29)15-6-3-7-22-15/h1-2,4-5,9,15-17,22-23,27H,3,6-8,10-11H2,(H,24,29)(H,25,28)(H,26,30)(H,31,32). The fourth-order valence-electron chi connectivity index (χ4n) is 3.63. The zero-order valence-electron chi connectivity index (χ0n) is 17.4. The molecule has 3 unspecified atom stereocenters. The van der Waals surface area contributed by atoms with E-state index in [2.05, 4.69) is 26.3 Å². The molecule has 3 rings (SSSR count). The van der Waals surface area contributed by atoms with Gasteiger partial charge in [0.15, 0.2) is 0 Å². The smallest absolute Gasteiger partial charge is 0.328 e. The second kappa shape index (κ2) is 10.7. The van der Waals surface area contributed by atoms with Crippen LogP contribution < -0.4 is 21.3 Å². The number of nitrogens with one attached hydrogen (secondary N) is 5. The zero-order chi connectivity index (χ0) is 23.1. The lowest BCUT2D eigenvalue weighted by molar-refractivity contribution is -0.143. The molecule has 2 heterocycles. The fourth-order valence-corrected chi connectivity index (χ4v) is 3.63. The average molecular weight is 445 g/mol. The van der Waals surface area contributed by atoms with Crippen molar-refractivity contribution in [3.8, 4) is 0 Å². The third kappa shape index (κ3) is 5.83. The largest absolute Gasteiger partial charge is 0.480 e. The molecule has 0 bridgehead atoms. The highest BCUT2D eigenvalue weighted by Gasteiger charge is 2.28. The molecular weight excluding hydrogens is 418 g/mol. The molecule has 1 aliphatic heterocycles. The Morgan fingerprint density at radius 1 is 1.12 bits per heavy atom. The summed E-state index contributed by atoms with van der Waals surface area (Å²) in [6, 6.07) is 4.47. The molecule has 3 amide bonds. The van der Waals surface area contributed by atoms with E-state index in [1.165, 1.54) is 0 Å². The number of hydrogen-bond acceptors (Lipinski definition) is 6. The van der Waals surface area contributed by atoms with Crippen LogP contribution in [0, 0.1) is 0 Å². The number of carboxylic acid groups (broad SMARTS) is 1. The van der Waals surface area contributed by atoms with Crippen LogP contribution in [0.25, 0.3) is 10.9 Å². The van der Waals surface area contributed by atoms with Crippen molar-refractivity contribution in [2.45, 2.75) is 37.4 Å². The van der Waals surface area contributed by atoms with Crippen LogP contribution in [-0.4, -0.2) is 76.7 Å². The Bertz CT molecular complexity index is 984. The Morgan fingerprint density at radius 3 is 2.59 bits per heavy atom. The number of carbonyl (C=O) groups excluding carboxylic acids is 3. The molecule has 11 nitrogen and oxygen atoms in total. The lowest BCUT2D eigenvalue weighted by Crippen LogP contribution is -2.55. The number of carbonyl (C=O) groups is 4. The van der Waals surface area contributed by atoms with Gasteiger partial charge in [-0.05, 0) is 31.0 Å². The van der Waals surface area contributed by atoms with Gasteiger partial charge in [0.2, 0.25) is 17.7 Å². The van der Waals surface area contributed by atoms with Crippen molar-refractivity contribution < 1.29 is 29.4 Å². The monoisotopic (exact) mass is 445 g/mol. The van der Waals surface area contributed by atoms with Gasteiger partial charge in [-0.15, -0.1) is 0 Å². The third-order valence-electron chi connectivity index (χ3n) is 5.35. The molecule has 0 saturated carbocycles. The van der Waals surface area contributed by atoms with Crippen molar-refractivity contribution in [2.24, 2.45) is 0 Å². The summed E-state index contributed by atoms with van der Waals surface area (Å²) >= 11 is 0. The summed E-state index contributed by atoms with van der Waals surface area (Å²) in [7, 11) is 0. The molecule has 1 aliphatic rings. The van der Waals surface area contributed by atoms with Crippen molar-refractivity contribution >= 4 is 34.6 Å². The molecule has 11 heteroatoms. The van der Waals surface area contributed by atoms with Crippen LogP contribution in [0.4, 0.5) is 0 Å². The summed E-state index contributed by atoms with van der Waals surface area (Å²) < 4.78 is 0. The summed E-state index contributed by atoms with van der Waals surface area (Å²) in [5.41, 5.74) is 1.60. The van der Waals surface area contributed by atoms with Crippen LogP contribution in [0.1, 0.15) is 18.4 Å². The number of aliphatic hydroxyl groups is 1. The van der Waals surface area contributed by atoms with E-state index < -0.39 is 36.5 Å². The summed E-state index contributed by atoms with van der Waals surface area (Å²) in [6.07, 6.45) is 3.37. The molecule has 2 aromatic rings. The van der Waals surface area contributed by atoms with Crippen molar-refractivity contribution in [2.75, 3.05) is 19.7 Å². The minimum Gasteiger partial charge on any atom is -0.480 e. The SMILES string of the molecule is O=C(CNC(=O)C1CCCN1)NC(Cc1c[nH]c2ccccc12)C(=O)NC(CO)C(=O)O. The topological polar surface area (TPSA) is 173 Å². The number of para-hydroxylation sites is 1. The van der Waals surface area contributed by atoms with Crippen LogP contribution in [-0.2, 0) is 25.6 Å². The second-order valence-corrected chi connectivity index (χ2v) is 7.63. The van der Waals surface area contributed by atoms with Crippen LogP contribution >= 0.6 is 0 Å². The van der Waals surface area contributed by atoms with E-state index in [0.717, 1.165) is 29.4 Å². The highest BCUT2D eigenvalue weighted by atomic mass is 16.4. The Morgan fingerprint density at radius 2 is 1.91 bits per heavy atom. The number of aliphatic hydroxyl groups excluding tert-OH is 1. The van der Waals surface area contributed by atoms with Crippen LogP contribution in [0.5, 0.6) is 0 Å². The molecular formula is C21H27N5O6. The van der Waals surface area contributed by atoms with Gasteiger partial charge in [-0.1, -0.05) is 18.2 Å². The predicted molar refractivity (Wildman–Crippen MR) is 115 cm³/mol. The molecule has 1 aromatic heterocycles. The maximum atomic E-state index is 12.8. The van der Waals surface area contributed by atoms with Gasteiger partial charge in [0.25, 0.3) is 0 Å². The number of rotatable bonds is 10. The van der Waals surface area contributed by atoms with Crippen LogP contribution in [0.2, 0.25) is 0 Å². The summed E-state index contributed by atoms with van der Waals surface area (Å²) in [5.74, 6) is -3.03. The number of H-pyrrole nitrogens is 1. The molecule has 3 atom stereocenters. The number of hydrogen-bond donors (Lipinski definition) is 7. The molecule has 32 heavy (non-hydrogen) atoms. The first kappa shape index (κ1) is 23.2. The van der Waals surface area contributed by atoms with Crippen molar-refractivity contribution in [3.05, 3.63) is 36.0 Å². The van der Waals surface area contributed by atoms with Gasteiger partial charge in [0.05, 0.1) is 19.2 Å². The number of benzene rings is 1. The maximum Gasteiger partial charge on any atom is 0.328 e. The molecule has 1 aromatic carbocycles. The maximum absolute atomic E-state index is 12.8. The van der Waals surface area contributed by atoms with E-state index in [1.807, 2.05) is 24.3 Å². The molecule has 7 N–H and O–H groups in total. The van der Waals surface area contributed by atoms with Gasteiger partial charge in [-0.2, -0.15) is 0 Å². The van der Waals surface area contributed by atoms with E-state index in [9.17, 15) is 24.3 Å². The Labute approximate surface area is 183 Å². The fraction of sp³-hybridized carbons (Fsp3) is 0.429. The zero-order valence-corrected chi connectivity index (χ0v) is 17.4. The van der Waals surface area contributed by atoms with Crippen molar-refractivity contribution in [1.82, 2.24) is 26.3 Å². The molecule has 0 aliphatic carbocycles. The van der Waals surface area contributed by atoms with Crippen LogP contribution in [0.3, 0.4) is 0 Å². The first-order valence-corrected chi connectivity index (χ1v) is 10.4. The predicted octanol–water partition coefficient (Wildman–Crippen LogP) is -1.37. The Balaban J connectivity index is 1.69. The molecule has 0 spiro atoms. The number of aromatic nitrogens is 1. The van der Waals surface area contributed by atoms with Gasteiger partial charge in [-0.25, -0.2) is 4.79 Å². The van der Waals surface area contributed by atoms with E-state index in [-0.39, 0.29) is 24.9 Å². The van der Waals surface area contributed by atoms with E-state index >= 15 is 0 Å². The number of aromatic amines is 1. The molecule has 1 saturated heterocycles. The van der Waals surface area contributed by atoms with Crippen molar-refractivity contribution in [3.63, 3.8) is 0 Å². The normalized spacial score (nSPS) is 17.5. The first-order chi connectivity index (χ1) is 15.4. The van der Waals surface area contributed by atoms with Crippen molar-refractivity contribution in [1.29, 1.82) is 0 Å². The van der Waals surface area contributed by atoms with Gasteiger partial charge in [0.1, 0.15) is 12.1 Å². The molecule has 172 valence electrons. The lowest BCUT2D eigenvalue weighted by Gasteiger charge is -2.21. The third-order valence-corrected chi connectivity index (χ3v) is 5.35. The molecule has 1 fully saturated rings. The minimum atomic E-state index is -1.50. The Kier molecular flexibility index (Phi) is 7.79. The molecule has 0 radical (unpaired) electrons. The van der Waals surface area contributed by atoms with Gasteiger partial charge in [-0.3, -0.25) is 14.4 Å². The summed E-state index contributed by atoms with van der Waals surface area (Å²) in [5, 5.41) is 29.6.